The minimum absolute atomic E-state index is 0.837. The summed E-state index contributed by atoms with van der Waals surface area (Å²) in [7, 11) is 0. The third-order valence-electron chi connectivity index (χ3n) is 3.25. The monoisotopic (exact) mass is 216 g/mol. The lowest BCUT2D eigenvalue weighted by Gasteiger charge is -2.05. The predicted molar refractivity (Wildman–Crippen MR) is 68.5 cm³/mol. The van der Waals surface area contributed by atoms with Crippen molar-refractivity contribution in [1.82, 2.24) is 9.97 Å². The van der Waals surface area contributed by atoms with Crippen LogP contribution >= 0.6 is 0 Å². The molecule has 0 saturated carbocycles. The Bertz CT molecular complexity index is 412. The van der Waals surface area contributed by atoms with E-state index in [0.717, 1.165) is 29.2 Å². The Kier molecular flexibility index (Phi) is 3.60. The molecule has 16 heavy (non-hydrogen) atoms. The first kappa shape index (κ1) is 11.2. The molecular formula is C14H20N2. The van der Waals surface area contributed by atoms with Crippen LogP contribution in [0.3, 0.4) is 0 Å². The number of nitrogens with one attached hydrogen (secondary N) is 1. The molecule has 1 atom stereocenters. The summed E-state index contributed by atoms with van der Waals surface area (Å²) in [6, 6.07) is 8.22. The first-order chi connectivity index (χ1) is 7.79. The van der Waals surface area contributed by atoms with Crippen LogP contribution < -0.4 is 0 Å². The molecule has 0 aliphatic carbocycles. The molecule has 1 N–H and O–H groups in total. The largest absolute Gasteiger partial charge is 0.342 e. The van der Waals surface area contributed by atoms with E-state index in [2.05, 4.69) is 35.9 Å². The number of hydrogen-bond acceptors (Lipinski definition) is 1. The van der Waals surface area contributed by atoms with Gasteiger partial charge in [-0.2, -0.15) is 0 Å². The molecule has 2 rings (SSSR count). The summed E-state index contributed by atoms with van der Waals surface area (Å²) in [5.41, 5.74) is 2.24. The number of para-hydroxylation sites is 2. The van der Waals surface area contributed by atoms with Gasteiger partial charge in [0.05, 0.1) is 11.0 Å². The fourth-order valence-electron chi connectivity index (χ4n) is 1.95. The average molecular weight is 216 g/mol. The van der Waals surface area contributed by atoms with E-state index < -0.39 is 0 Å². The minimum Gasteiger partial charge on any atom is -0.342 e. The highest BCUT2D eigenvalue weighted by molar-refractivity contribution is 5.74. The average Bonchev–Trinajstić information content (AvgIpc) is 2.71. The van der Waals surface area contributed by atoms with Crippen molar-refractivity contribution in [3.8, 4) is 0 Å². The standard InChI is InChI=1S/C14H20N2/c1-3-11(2)7-6-10-14-15-12-8-4-5-9-13(12)16-14/h4-5,8-9,11H,3,6-7,10H2,1-2H3,(H,15,16). The molecule has 0 spiro atoms. The van der Waals surface area contributed by atoms with Crippen LogP contribution in [-0.2, 0) is 6.42 Å². The quantitative estimate of drug-likeness (QED) is 0.806. The van der Waals surface area contributed by atoms with Gasteiger partial charge in [-0.05, 0) is 24.5 Å². The van der Waals surface area contributed by atoms with E-state index >= 15 is 0 Å². The SMILES string of the molecule is CCC(C)CCCc1nc2ccccc2[nH]1. The van der Waals surface area contributed by atoms with Crippen molar-refractivity contribution >= 4 is 11.0 Å². The van der Waals surface area contributed by atoms with Gasteiger partial charge in [-0.1, -0.05) is 38.8 Å². The fraction of sp³-hybridized carbons (Fsp3) is 0.500. The molecule has 2 heteroatoms. The van der Waals surface area contributed by atoms with Gasteiger partial charge in [-0.15, -0.1) is 0 Å². The van der Waals surface area contributed by atoms with Crippen molar-refractivity contribution < 1.29 is 0 Å². The second-order valence-electron chi connectivity index (χ2n) is 4.61. The normalized spacial score (nSPS) is 13.1. The summed E-state index contributed by atoms with van der Waals surface area (Å²) in [6.07, 6.45) is 4.88. The molecule has 2 nitrogen and oxygen atoms in total. The van der Waals surface area contributed by atoms with E-state index in [1.54, 1.807) is 0 Å². The Morgan fingerprint density at radius 1 is 1.31 bits per heavy atom. The van der Waals surface area contributed by atoms with E-state index in [9.17, 15) is 0 Å². The molecule has 0 fully saturated rings. The van der Waals surface area contributed by atoms with Crippen LogP contribution in [-0.4, -0.2) is 9.97 Å². The van der Waals surface area contributed by atoms with Crippen molar-refractivity contribution in [2.45, 2.75) is 39.5 Å². The minimum atomic E-state index is 0.837. The Morgan fingerprint density at radius 3 is 2.88 bits per heavy atom. The highest BCUT2D eigenvalue weighted by Gasteiger charge is 2.03. The Hall–Kier alpha value is -1.31. The number of rotatable bonds is 5. The number of aromatic nitrogens is 2. The van der Waals surface area contributed by atoms with Crippen LogP contribution in [0.15, 0.2) is 24.3 Å². The van der Waals surface area contributed by atoms with Gasteiger partial charge in [0.2, 0.25) is 0 Å². The summed E-state index contributed by atoms with van der Waals surface area (Å²) < 4.78 is 0. The van der Waals surface area contributed by atoms with Crippen LogP contribution in [0.4, 0.5) is 0 Å². The van der Waals surface area contributed by atoms with Gasteiger partial charge in [0.1, 0.15) is 5.82 Å². The van der Waals surface area contributed by atoms with Gasteiger partial charge < -0.3 is 4.98 Å². The molecule has 1 unspecified atom stereocenters. The Morgan fingerprint density at radius 2 is 2.12 bits per heavy atom. The van der Waals surface area contributed by atoms with Gasteiger partial charge in [0.15, 0.2) is 0 Å². The second kappa shape index (κ2) is 5.15. The van der Waals surface area contributed by atoms with Gasteiger partial charge in [0.25, 0.3) is 0 Å². The zero-order valence-electron chi connectivity index (χ0n) is 10.2. The first-order valence-electron chi connectivity index (χ1n) is 6.23. The smallest absolute Gasteiger partial charge is 0.107 e. The lowest BCUT2D eigenvalue weighted by molar-refractivity contribution is 0.493. The van der Waals surface area contributed by atoms with Crippen molar-refractivity contribution in [3.63, 3.8) is 0 Å². The predicted octanol–water partition coefficient (Wildman–Crippen LogP) is 3.93. The highest BCUT2D eigenvalue weighted by Crippen LogP contribution is 2.14. The third kappa shape index (κ3) is 2.63. The first-order valence-corrected chi connectivity index (χ1v) is 6.23. The topological polar surface area (TPSA) is 28.7 Å². The van der Waals surface area contributed by atoms with Crippen LogP contribution in [0.1, 0.15) is 38.9 Å². The zero-order chi connectivity index (χ0) is 11.4. The number of benzene rings is 1. The molecule has 0 bridgehead atoms. The molecule has 2 aromatic rings. The fourth-order valence-corrected chi connectivity index (χ4v) is 1.95. The summed E-state index contributed by atoms with van der Waals surface area (Å²) in [6.45, 7) is 4.57. The van der Waals surface area contributed by atoms with Crippen molar-refractivity contribution in [2.24, 2.45) is 5.92 Å². The molecule has 1 aromatic carbocycles. The molecule has 86 valence electrons. The number of hydrogen-bond donors (Lipinski definition) is 1. The Labute approximate surface area is 97.1 Å². The van der Waals surface area contributed by atoms with Gasteiger partial charge >= 0.3 is 0 Å². The Balaban J connectivity index is 1.94. The molecule has 0 saturated heterocycles. The van der Waals surface area contributed by atoms with Gasteiger partial charge in [0, 0.05) is 6.42 Å². The van der Waals surface area contributed by atoms with E-state index in [4.69, 9.17) is 0 Å². The van der Waals surface area contributed by atoms with Crippen LogP contribution in [0.5, 0.6) is 0 Å². The molecule has 0 amide bonds. The summed E-state index contributed by atoms with van der Waals surface area (Å²) >= 11 is 0. The third-order valence-corrected chi connectivity index (χ3v) is 3.25. The molecule has 1 aromatic heterocycles. The van der Waals surface area contributed by atoms with Crippen LogP contribution in [0.2, 0.25) is 0 Å². The van der Waals surface area contributed by atoms with E-state index in [1.807, 2.05) is 12.1 Å². The number of imidazole rings is 1. The molecule has 0 aliphatic rings. The number of aryl methyl sites for hydroxylation is 1. The van der Waals surface area contributed by atoms with E-state index in [-0.39, 0.29) is 0 Å². The zero-order valence-corrected chi connectivity index (χ0v) is 10.2. The van der Waals surface area contributed by atoms with Crippen LogP contribution in [0, 0.1) is 5.92 Å². The molecule has 0 radical (unpaired) electrons. The molecule has 1 heterocycles. The highest BCUT2D eigenvalue weighted by atomic mass is 14.9. The van der Waals surface area contributed by atoms with Crippen molar-refractivity contribution in [3.05, 3.63) is 30.1 Å². The van der Waals surface area contributed by atoms with Gasteiger partial charge in [-0.3, -0.25) is 0 Å². The van der Waals surface area contributed by atoms with Crippen molar-refractivity contribution in [1.29, 1.82) is 0 Å². The second-order valence-corrected chi connectivity index (χ2v) is 4.61. The maximum atomic E-state index is 4.58. The van der Waals surface area contributed by atoms with Crippen LogP contribution in [0.25, 0.3) is 11.0 Å². The number of nitrogens with zero attached hydrogens (tertiary/aromatic N) is 1. The number of H-pyrrole nitrogens is 1. The summed E-state index contributed by atoms with van der Waals surface area (Å²) in [5.74, 6) is 1.97. The van der Waals surface area contributed by atoms with E-state index in [0.29, 0.717) is 0 Å². The lowest BCUT2D eigenvalue weighted by atomic mass is 10.0. The summed E-state index contributed by atoms with van der Waals surface area (Å²) in [5, 5.41) is 0. The van der Waals surface area contributed by atoms with Gasteiger partial charge in [-0.25, -0.2) is 4.98 Å². The summed E-state index contributed by atoms with van der Waals surface area (Å²) in [4.78, 5) is 7.96. The number of fused-ring (bicyclic) bond motifs is 1. The van der Waals surface area contributed by atoms with Crippen molar-refractivity contribution in [2.75, 3.05) is 0 Å². The van der Waals surface area contributed by atoms with E-state index in [1.165, 1.54) is 19.3 Å². The lowest BCUT2D eigenvalue weighted by Crippen LogP contribution is -1.95. The molecule has 0 aliphatic heterocycles. The maximum absolute atomic E-state index is 4.58. The maximum Gasteiger partial charge on any atom is 0.107 e. The number of aromatic amines is 1. The molecular weight excluding hydrogens is 196 g/mol.